The number of hydrogen-bond donors (Lipinski definition) is 1. The summed E-state index contributed by atoms with van der Waals surface area (Å²) in [4.78, 5) is 0. The number of aliphatic hydroxyl groups excluding tert-OH is 1. The third-order valence-corrected chi connectivity index (χ3v) is 2.49. The molecule has 0 bridgehead atoms. The average molecular weight is 220 g/mol. The predicted molar refractivity (Wildman–Crippen MR) is 58.5 cm³/mol. The molecule has 2 aromatic rings. The Kier molecular flexibility index (Phi) is 3.06. The van der Waals surface area contributed by atoms with E-state index in [1.807, 2.05) is 6.92 Å². The van der Waals surface area contributed by atoms with Gasteiger partial charge in [-0.3, -0.25) is 0 Å². The summed E-state index contributed by atoms with van der Waals surface area (Å²) in [5, 5.41) is 9.90. The average Bonchev–Trinajstić information content (AvgIpc) is 2.74. The largest absolute Gasteiger partial charge is 0.469 e. The van der Waals surface area contributed by atoms with E-state index in [1.165, 1.54) is 12.3 Å². The van der Waals surface area contributed by atoms with Gasteiger partial charge in [0.1, 0.15) is 11.6 Å². The van der Waals surface area contributed by atoms with Gasteiger partial charge in [0.05, 0.1) is 12.4 Å². The fourth-order valence-electron chi connectivity index (χ4n) is 1.65. The second-order valence-corrected chi connectivity index (χ2v) is 3.82. The number of aryl methyl sites for hydroxylation is 1. The molecule has 2 rings (SSSR count). The van der Waals surface area contributed by atoms with Crippen molar-refractivity contribution in [1.29, 1.82) is 0 Å². The quantitative estimate of drug-likeness (QED) is 0.862. The van der Waals surface area contributed by atoms with Gasteiger partial charge in [-0.15, -0.1) is 0 Å². The minimum absolute atomic E-state index is 0.285. The van der Waals surface area contributed by atoms with Gasteiger partial charge in [-0.05, 0) is 25.1 Å². The summed E-state index contributed by atoms with van der Waals surface area (Å²) in [6, 6.07) is 8.21. The molecule has 0 spiro atoms. The lowest BCUT2D eigenvalue weighted by molar-refractivity contribution is 0.166. The molecule has 0 saturated heterocycles. The van der Waals surface area contributed by atoms with Crippen LogP contribution in [0.3, 0.4) is 0 Å². The highest BCUT2D eigenvalue weighted by atomic mass is 19.1. The van der Waals surface area contributed by atoms with Crippen molar-refractivity contribution in [2.75, 3.05) is 0 Å². The van der Waals surface area contributed by atoms with Gasteiger partial charge < -0.3 is 9.52 Å². The summed E-state index contributed by atoms with van der Waals surface area (Å²) in [6.45, 7) is 1.86. The first-order valence-electron chi connectivity index (χ1n) is 5.13. The number of benzene rings is 1. The lowest BCUT2D eigenvalue weighted by Crippen LogP contribution is -2.04. The fraction of sp³-hybridized carbons (Fsp3) is 0.231. The Morgan fingerprint density at radius 3 is 2.88 bits per heavy atom. The van der Waals surface area contributed by atoms with Crippen LogP contribution in [0.5, 0.6) is 0 Å². The SMILES string of the molecule is Cc1ccc(F)c(C(O)Cc2ccco2)c1. The highest BCUT2D eigenvalue weighted by Gasteiger charge is 2.14. The number of halogens is 1. The molecule has 16 heavy (non-hydrogen) atoms. The summed E-state index contributed by atoms with van der Waals surface area (Å²) in [5.41, 5.74) is 1.24. The van der Waals surface area contributed by atoms with Crippen LogP contribution in [0.25, 0.3) is 0 Å². The molecule has 0 fully saturated rings. The van der Waals surface area contributed by atoms with Crippen LogP contribution in [-0.4, -0.2) is 5.11 Å². The van der Waals surface area contributed by atoms with Gasteiger partial charge in [0.25, 0.3) is 0 Å². The molecule has 0 saturated carbocycles. The van der Waals surface area contributed by atoms with Crippen LogP contribution >= 0.6 is 0 Å². The highest BCUT2D eigenvalue weighted by Crippen LogP contribution is 2.22. The fourth-order valence-corrected chi connectivity index (χ4v) is 1.65. The van der Waals surface area contributed by atoms with Gasteiger partial charge in [0, 0.05) is 12.0 Å². The van der Waals surface area contributed by atoms with Crippen LogP contribution in [0.4, 0.5) is 4.39 Å². The van der Waals surface area contributed by atoms with E-state index in [4.69, 9.17) is 4.42 Å². The van der Waals surface area contributed by atoms with Crippen molar-refractivity contribution in [3.8, 4) is 0 Å². The monoisotopic (exact) mass is 220 g/mol. The van der Waals surface area contributed by atoms with Gasteiger partial charge in [-0.2, -0.15) is 0 Å². The van der Waals surface area contributed by atoms with Crippen molar-refractivity contribution in [2.45, 2.75) is 19.4 Å². The number of rotatable bonds is 3. The summed E-state index contributed by atoms with van der Waals surface area (Å²) in [5.74, 6) is 0.262. The molecule has 0 radical (unpaired) electrons. The molecule has 3 heteroatoms. The minimum Gasteiger partial charge on any atom is -0.469 e. The Balaban J connectivity index is 2.20. The zero-order valence-corrected chi connectivity index (χ0v) is 8.98. The smallest absolute Gasteiger partial charge is 0.129 e. The van der Waals surface area contributed by atoms with Crippen molar-refractivity contribution in [2.24, 2.45) is 0 Å². The van der Waals surface area contributed by atoms with Gasteiger partial charge in [-0.1, -0.05) is 17.7 Å². The first kappa shape index (κ1) is 10.9. The number of furan rings is 1. The van der Waals surface area contributed by atoms with Crippen LogP contribution in [0.15, 0.2) is 41.0 Å². The van der Waals surface area contributed by atoms with Crippen molar-refractivity contribution in [1.82, 2.24) is 0 Å². The Labute approximate surface area is 93.3 Å². The van der Waals surface area contributed by atoms with Gasteiger partial charge in [0.15, 0.2) is 0 Å². The first-order valence-corrected chi connectivity index (χ1v) is 5.13. The van der Waals surface area contributed by atoms with Crippen LogP contribution < -0.4 is 0 Å². The summed E-state index contributed by atoms with van der Waals surface area (Å²) < 4.78 is 18.6. The number of hydrogen-bond acceptors (Lipinski definition) is 2. The van der Waals surface area contributed by atoms with Crippen molar-refractivity contribution in [3.63, 3.8) is 0 Å². The van der Waals surface area contributed by atoms with Crippen molar-refractivity contribution >= 4 is 0 Å². The second-order valence-electron chi connectivity index (χ2n) is 3.82. The Morgan fingerprint density at radius 2 is 2.19 bits per heavy atom. The van der Waals surface area contributed by atoms with E-state index < -0.39 is 6.10 Å². The third kappa shape index (κ3) is 2.31. The zero-order chi connectivity index (χ0) is 11.5. The predicted octanol–water partition coefficient (Wildman–Crippen LogP) is 3.00. The molecule has 1 atom stereocenters. The first-order chi connectivity index (χ1) is 7.66. The molecule has 2 nitrogen and oxygen atoms in total. The molecule has 0 aliphatic carbocycles. The molecule has 0 aliphatic heterocycles. The van der Waals surface area contributed by atoms with Crippen LogP contribution in [0.2, 0.25) is 0 Å². The van der Waals surface area contributed by atoms with E-state index in [-0.39, 0.29) is 12.2 Å². The maximum absolute atomic E-state index is 13.5. The van der Waals surface area contributed by atoms with Crippen LogP contribution in [0.1, 0.15) is 23.0 Å². The van der Waals surface area contributed by atoms with Crippen LogP contribution in [0, 0.1) is 12.7 Å². The summed E-state index contributed by atoms with van der Waals surface area (Å²) >= 11 is 0. The zero-order valence-electron chi connectivity index (χ0n) is 8.98. The Bertz CT molecular complexity index is 463. The third-order valence-electron chi connectivity index (χ3n) is 2.49. The second kappa shape index (κ2) is 4.49. The molecule has 1 unspecified atom stereocenters. The molecule has 1 aromatic heterocycles. The Hall–Kier alpha value is -1.61. The lowest BCUT2D eigenvalue weighted by Gasteiger charge is -2.11. The molecule has 1 heterocycles. The van der Waals surface area contributed by atoms with E-state index in [2.05, 4.69) is 0 Å². The van der Waals surface area contributed by atoms with E-state index in [0.717, 1.165) is 5.56 Å². The Morgan fingerprint density at radius 1 is 1.38 bits per heavy atom. The van der Waals surface area contributed by atoms with Gasteiger partial charge in [0.2, 0.25) is 0 Å². The molecule has 0 aliphatic rings. The summed E-state index contributed by atoms with van der Waals surface area (Å²) in [6.07, 6.45) is 0.952. The van der Waals surface area contributed by atoms with E-state index in [9.17, 15) is 9.50 Å². The van der Waals surface area contributed by atoms with Crippen molar-refractivity contribution < 1.29 is 13.9 Å². The topological polar surface area (TPSA) is 33.4 Å². The summed E-state index contributed by atoms with van der Waals surface area (Å²) in [7, 11) is 0. The molecule has 84 valence electrons. The van der Waals surface area contributed by atoms with Crippen LogP contribution in [-0.2, 0) is 6.42 Å². The molecular weight excluding hydrogens is 207 g/mol. The number of aliphatic hydroxyl groups is 1. The van der Waals surface area contributed by atoms with Crippen molar-refractivity contribution in [3.05, 3.63) is 59.3 Å². The molecule has 1 aromatic carbocycles. The van der Waals surface area contributed by atoms with E-state index >= 15 is 0 Å². The lowest BCUT2D eigenvalue weighted by atomic mass is 10.0. The maximum atomic E-state index is 13.5. The molecule has 1 N–H and O–H groups in total. The van der Waals surface area contributed by atoms with Gasteiger partial charge >= 0.3 is 0 Å². The normalized spacial score (nSPS) is 12.7. The highest BCUT2D eigenvalue weighted by molar-refractivity contribution is 5.26. The molecular formula is C13H13FO2. The van der Waals surface area contributed by atoms with E-state index in [0.29, 0.717) is 11.3 Å². The minimum atomic E-state index is -0.869. The van der Waals surface area contributed by atoms with Gasteiger partial charge in [-0.25, -0.2) is 4.39 Å². The standard InChI is InChI=1S/C13H13FO2/c1-9-4-5-12(14)11(7-9)13(15)8-10-3-2-6-16-10/h2-7,13,15H,8H2,1H3. The maximum Gasteiger partial charge on any atom is 0.129 e. The van der Waals surface area contributed by atoms with E-state index in [1.54, 1.807) is 24.3 Å². The molecule has 0 amide bonds.